The maximum atomic E-state index is 10.1. The van der Waals surface area contributed by atoms with Crippen molar-refractivity contribution in [1.29, 1.82) is 10.5 Å². The Hall–Kier alpha value is -3.43. The van der Waals surface area contributed by atoms with Crippen molar-refractivity contribution in [2.24, 2.45) is 4.99 Å². The van der Waals surface area contributed by atoms with Crippen molar-refractivity contribution in [2.75, 3.05) is 39.2 Å². The first-order valence-corrected chi connectivity index (χ1v) is 12.8. The predicted octanol–water partition coefficient (Wildman–Crippen LogP) is 5.07. The van der Waals surface area contributed by atoms with Gasteiger partial charge in [-0.2, -0.15) is 10.5 Å². The topological polar surface area (TPSA) is 101 Å². The summed E-state index contributed by atoms with van der Waals surface area (Å²) in [7, 11) is 1.71. The largest absolute Gasteiger partial charge is 0.491 e. The highest BCUT2D eigenvalue weighted by atomic mass is 32.2. The molecule has 0 unspecified atom stereocenters. The lowest BCUT2D eigenvalue weighted by molar-refractivity contribution is -0.132. The van der Waals surface area contributed by atoms with E-state index in [1.165, 1.54) is 11.8 Å². The SMILES string of the molecule is C=C(/C=C\C=NC)CSc1nc(C2CC2)c(C#N)c(-c2ccc(OCCOC3COC3)cc2)c1C#N. The van der Waals surface area contributed by atoms with Gasteiger partial charge in [0.05, 0.1) is 36.6 Å². The van der Waals surface area contributed by atoms with Gasteiger partial charge in [0.1, 0.15) is 35.6 Å². The Balaban J connectivity index is 1.57. The second kappa shape index (κ2) is 12.5. The number of aromatic nitrogens is 1. The standard InChI is InChI=1S/C28H28N4O3S/c1-19(4-3-11-31-2)18-36-28-25(15-30)26(24(14-29)27(32-28)21-5-6-21)20-7-9-22(10-8-20)34-12-13-35-23-16-33-17-23/h3-4,7-11,21,23H,1,5-6,12-13,16-18H2,2H3/b4-3-,31-11?. The molecule has 36 heavy (non-hydrogen) atoms. The van der Waals surface area contributed by atoms with Gasteiger partial charge < -0.3 is 14.2 Å². The van der Waals surface area contributed by atoms with Gasteiger partial charge in [-0.15, -0.1) is 11.8 Å². The van der Waals surface area contributed by atoms with Crippen LogP contribution in [-0.2, 0) is 9.47 Å². The number of thioether (sulfide) groups is 1. The van der Waals surface area contributed by atoms with E-state index in [0.29, 0.717) is 59.6 Å². The van der Waals surface area contributed by atoms with Gasteiger partial charge in [0, 0.05) is 30.5 Å². The summed E-state index contributed by atoms with van der Waals surface area (Å²) in [5.41, 5.74) is 4.00. The van der Waals surface area contributed by atoms with Crippen LogP contribution in [0.25, 0.3) is 11.1 Å². The Morgan fingerprint density at radius 2 is 1.94 bits per heavy atom. The van der Waals surface area contributed by atoms with Gasteiger partial charge in [-0.1, -0.05) is 24.8 Å². The van der Waals surface area contributed by atoms with Crippen molar-refractivity contribution in [3.63, 3.8) is 0 Å². The van der Waals surface area contributed by atoms with Crippen LogP contribution in [0, 0.1) is 22.7 Å². The Morgan fingerprint density at radius 1 is 1.19 bits per heavy atom. The van der Waals surface area contributed by atoms with Crippen molar-refractivity contribution in [2.45, 2.75) is 29.9 Å². The van der Waals surface area contributed by atoms with Gasteiger partial charge in [0.2, 0.25) is 0 Å². The Bertz CT molecular complexity index is 1230. The first-order chi connectivity index (χ1) is 17.6. The van der Waals surface area contributed by atoms with Gasteiger partial charge in [0.25, 0.3) is 0 Å². The summed E-state index contributed by atoms with van der Waals surface area (Å²) in [6, 6.07) is 12.2. The highest BCUT2D eigenvalue weighted by molar-refractivity contribution is 7.99. The van der Waals surface area contributed by atoms with Gasteiger partial charge in [0.15, 0.2) is 0 Å². The molecule has 0 amide bonds. The van der Waals surface area contributed by atoms with E-state index in [1.54, 1.807) is 13.3 Å². The lowest BCUT2D eigenvalue weighted by atomic mass is 9.94. The minimum absolute atomic E-state index is 0.169. The number of ether oxygens (including phenoxy) is 3. The lowest BCUT2D eigenvalue weighted by Crippen LogP contribution is -2.37. The molecule has 2 fully saturated rings. The lowest BCUT2D eigenvalue weighted by Gasteiger charge is -2.25. The summed E-state index contributed by atoms with van der Waals surface area (Å²) in [5, 5.41) is 20.8. The van der Waals surface area contributed by atoms with E-state index >= 15 is 0 Å². The molecule has 0 N–H and O–H groups in total. The number of nitrogens with zero attached hydrogens (tertiary/aromatic N) is 4. The number of benzene rings is 1. The van der Waals surface area contributed by atoms with Crippen LogP contribution in [0.15, 0.2) is 58.6 Å². The zero-order valence-electron chi connectivity index (χ0n) is 20.3. The highest BCUT2D eigenvalue weighted by Crippen LogP contribution is 2.45. The molecule has 0 spiro atoms. The van der Waals surface area contributed by atoms with Crippen LogP contribution in [0.5, 0.6) is 5.75 Å². The van der Waals surface area contributed by atoms with Crippen molar-refractivity contribution in [3.05, 3.63) is 65.4 Å². The zero-order valence-corrected chi connectivity index (χ0v) is 21.1. The molecule has 0 atom stereocenters. The molecule has 1 aromatic carbocycles. The molecule has 2 aliphatic rings. The summed E-state index contributed by atoms with van der Waals surface area (Å²) in [6.07, 6.45) is 7.60. The van der Waals surface area contributed by atoms with Crippen LogP contribution in [0.1, 0.15) is 35.6 Å². The Morgan fingerprint density at radius 3 is 2.56 bits per heavy atom. The number of allylic oxidation sites excluding steroid dienone is 2. The second-order valence-electron chi connectivity index (χ2n) is 8.54. The van der Waals surface area contributed by atoms with E-state index in [1.807, 2.05) is 36.4 Å². The van der Waals surface area contributed by atoms with Gasteiger partial charge in [-0.05, 0) is 42.2 Å². The summed E-state index contributed by atoms with van der Waals surface area (Å²) in [5.74, 6) is 1.54. The number of hydrogen-bond acceptors (Lipinski definition) is 8. The van der Waals surface area contributed by atoms with Gasteiger partial charge >= 0.3 is 0 Å². The summed E-state index contributed by atoms with van der Waals surface area (Å²) in [6.45, 7) is 6.30. The molecule has 1 aliphatic heterocycles. The number of pyridine rings is 1. The normalized spacial score (nSPS) is 15.5. The van der Waals surface area contributed by atoms with E-state index in [-0.39, 0.29) is 12.0 Å². The number of hydrogen-bond donors (Lipinski definition) is 0. The third-order valence-electron chi connectivity index (χ3n) is 5.80. The molecule has 1 aliphatic carbocycles. The molecular weight excluding hydrogens is 472 g/mol. The van der Waals surface area contributed by atoms with Crippen molar-refractivity contribution in [3.8, 4) is 29.0 Å². The maximum Gasteiger partial charge on any atom is 0.119 e. The first kappa shape index (κ1) is 25.7. The molecule has 1 saturated carbocycles. The monoisotopic (exact) mass is 500 g/mol. The van der Waals surface area contributed by atoms with E-state index in [9.17, 15) is 10.5 Å². The molecular formula is C28H28N4O3S. The molecule has 8 heteroatoms. The van der Waals surface area contributed by atoms with Crippen LogP contribution >= 0.6 is 11.8 Å². The summed E-state index contributed by atoms with van der Waals surface area (Å²) < 4.78 is 16.5. The van der Waals surface area contributed by atoms with Crippen molar-refractivity contribution in [1.82, 2.24) is 4.98 Å². The fraction of sp³-hybridized carbons (Fsp3) is 0.357. The minimum atomic E-state index is 0.169. The highest BCUT2D eigenvalue weighted by Gasteiger charge is 2.32. The molecule has 1 aromatic heterocycles. The second-order valence-corrected chi connectivity index (χ2v) is 9.51. The third-order valence-corrected chi connectivity index (χ3v) is 6.88. The Kier molecular flexibility index (Phi) is 8.91. The molecule has 0 radical (unpaired) electrons. The van der Waals surface area contributed by atoms with Crippen molar-refractivity contribution >= 4 is 18.0 Å². The zero-order chi connectivity index (χ0) is 25.3. The maximum absolute atomic E-state index is 10.1. The van der Waals surface area contributed by atoms with Gasteiger partial charge in [-0.3, -0.25) is 4.99 Å². The van der Waals surface area contributed by atoms with E-state index in [4.69, 9.17) is 19.2 Å². The number of aliphatic imine (C=N–C) groups is 1. The molecule has 1 saturated heterocycles. The molecule has 7 nitrogen and oxygen atoms in total. The van der Waals surface area contributed by atoms with Crippen LogP contribution in [0.3, 0.4) is 0 Å². The first-order valence-electron chi connectivity index (χ1n) is 11.8. The predicted molar refractivity (Wildman–Crippen MR) is 141 cm³/mol. The minimum Gasteiger partial charge on any atom is -0.491 e. The van der Waals surface area contributed by atoms with E-state index < -0.39 is 0 Å². The fourth-order valence-electron chi connectivity index (χ4n) is 3.72. The number of rotatable bonds is 12. The van der Waals surface area contributed by atoms with E-state index in [2.05, 4.69) is 23.7 Å². The van der Waals surface area contributed by atoms with Gasteiger partial charge in [-0.25, -0.2) is 4.98 Å². The number of nitriles is 2. The van der Waals surface area contributed by atoms with Crippen LogP contribution < -0.4 is 4.74 Å². The third kappa shape index (κ3) is 6.41. The fourth-order valence-corrected chi connectivity index (χ4v) is 4.59. The summed E-state index contributed by atoms with van der Waals surface area (Å²) >= 11 is 1.46. The van der Waals surface area contributed by atoms with Crippen LogP contribution in [0.4, 0.5) is 0 Å². The molecule has 2 heterocycles. The quantitative estimate of drug-likeness (QED) is 0.174. The summed E-state index contributed by atoms with van der Waals surface area (Å²) in [4.78, 5) is 8.73. The Labute approximate surface area is 216 Å². The van der Waals surface area contributed by atoms with E-state index in [0.717, 1.165) is 29.7 Å². The average molecular weight is 501 g/mol. The molecule has 4 rings (SSSR count). The molecule has 184 valence electrons. The van der Waals surface area contributed by atoms with Crippen molar-refractivity contribution < 1.29 is 14.2 Å². The van der Waals surface area contributed by atoms with Crippen LogP contribution in [-0.4, -0.2) is 56.5 Å². The molecule has 0 bridgehead atoms. The molecule has 2 aromatic rings. The smallest absolute Gasteiger partial charge is 0.119 e. The average Bonchev–Trinajstić information content (AvgIpc) is 3.71. The van der Waals surface area contributed by atoms with Crippen LogP contribution in [0.2, 0.25) is 0 Å².